The molecule has 67 heavy (non-hydrogen) atoms. The first-order valence-electron chi connectivity index (χ1n) is 21.9. The first kappa shape index (κ1) is 52.7. The molecule has 19 heteroatoms. The van der Waals surface area contributed by atoms with Crippen LogP contribution in [-0.2, 0) is 19.2 Å². The SMILES string of the molecule is CCN(CC)CCNC(=O)c1c(C)[nH]c(/C=C2\C(=O)Nc3ccc(F)cc32)c1C.CCN(CC)CCNC(=O)c1c(C)[nH]c(/C=C2\C(=O)Nc3ccc(F)cc32)c1C.O=C(O)C[C@H](O)C(=O)O. The Balaban J connectivity index is 0.000000248. The second-order valence-electron chi connectivity index (χ2n) is 15.7. The van der Waals surface area contributed by atoms with Crippen LogP contribution in [0.3, 0.4) is 0 Å². The Kier molecular flexibility index (Phi) is 18.9. The van der Waals surface area contributed by atoms with Crippen LogP contribution < -0.4 is 21.3 Å². The number of carboxylic acids is 2. The summed E-state index contributed by atoms with van der Waals surface area (Å²) >= 11 is 0. The second-order valence-corrected chi connectivity index (χ2v) is 15.7. The third-order valence-corrected chi connectivity index (χ3v) is 11.4. The Morgan fingerprint density at radius 1 is 0.657 bits per heavy atom. The van der Waals surface area contributed by atoms with E-state index in [9.17, 15) is 37.5 Å². The Morgan fingerprint density at radius 3 is 1.34 bits per heavy atom. The van der Waals surface area contributed by atoms with Crippen molar-refractivity contribution in [3.8, 4) is 0 Å². The largest absolute Gasteiger partial charge is 0.481 e. The number of rotatable bonds is 17. The summed E-state index contributed by atoms with van der Waals surface area (Å²) in [6.07, 6.45) is 0.808. The molecule has 0 bridgehead atoms. The van der Waals surface area contributed by atoms with Crippen molar-refractivity contribution in [1.82, 2.24) is 30.4 Å². The fraction of sp³-hybridized carbons (Fsp3) is 0.375. The second kappa shape index (κ2) is 24.0. The summed E-state index contributed by atoms with van der Waals surface area (Å²) in [5.74, 6) is -4.52. The summed E-state index contributed by atoms with van der Waals surface area (Å²) in [4.78, 5) is 80.4. The predicted molar refractivity (Wildman–Crippen MR) is 252 cm³/mol. The zero-order valence-electron chi connectivity index (χ0n) is 39.0. The molecule has 2 aliphatic rings. The summed E-state index contributed by atoms with van der Waals surface area (Å²) in [5, 5.41) is 35.6. The van der Waals surface area contributed by atoms with Crippen LogP contribution in [0.15, 0.2) is 36.4 Å². The monoisotopic (exact) mass is 930 g/mol. The zero-order chi connectivity index (χ0) is 49.7. The number of H-pyrrole nitrogens is 2. The zero-order valence-corrected chi connectivity index (χ0v) is 39.0. The molecular weight excluding hydrogens is 871 g/mol. The number of hydrogen-bond donors (Lipinski definition) is 9. The molecule has 6 rings (SSSR count). The minimum Gasteiger partial charge on any atom is -0.481 e. The van der Waals surface area contributed by atoms with E-state index in [4.69, 9.17) is 15.3 Å². The van der Waals surface area contributed by atoms with Crippen molar-refractivity contribution >= 4 is 70.2 Å². The van der Waals surface area contributed by atoms with Gasteiger partial charge in [0.15, 0.2) is 6.10 Å². The van der Waals surface area contributed by atoms with Crippen molar-refractivity contribution in [3.63, 3.8) is 0 Å². The summed E-state index contributed by atoms with van der Waals surface area (Å²) in [6, 6.07) is 8.39. The molecule has 0 saturated heterocycles. The molecule has 4 amide bonds. The van der Waals surface area contributed by atoms with Gasteiger partial charge in [0.1, 0.15) is 11.6 Å². The molecular formula is C48H60F2N8O9. The molecule has 17 nitrogen and oxygen atoms in total. The van der Waals surface area contributed by atoms with Gasteiger partial charge in [-0.3, -0.25) is 24.0 Å². The van der Waals surface area contributed by atoms with Crippen LogP contribution in [0, 0.1) is 39.3 Å². The molecule has 0 radical (unpaired) electrons. The van der Waals surface area contributed by atoms with Gasteiger partial charge in [0.2, 0.25) is 0 Å². The normalized spacial score (nSPS) is 14.2. The molecule has 0 aliphatic carbocycles. The Bertz CT molecular complexity index is 2400. The third-order valence-electron chi connectivity index (χ3n) is 11.4. The van der Waals surface area contributed by atoms with Crippen molar-refractivity contribution < 1.29 is 52.9 Å². The molecule has 360 valence electrons. The van der Waals surface area contributed by atoms with E-state index in [0.717, 1.165) is 61.8 Å². The molecule has 0 saturated carbocycles. The average Bonchev–Trinajstić information content (AvgIpc) is 3.95. The van der Waals surface area contributed by atoms with Crippen molar-refractivity contribution in [2.45, 2.75) is 67.9 Å². The van der Waals surface area contributed by atoms with Gasteiger partial charge in [-0.1, -0.05) is 27.7 Å². The number of carbonyl (C=O) groups is 6. The lowest BCUT2D eigenvalue weighted by Crippen LogP contribution is -2.35. The molecule has 0 fully saturated rings. The molecule has 2 aromatic carbocycles. The number of carbonyl (C=O) groups excluding carboxylic acids is 4. The number of benzene rings is 2. The molecule has 9 N–H and O–H groups in total. The molecule has 2 aliphatic heterocycles. The predicted octanol–water partition coefficient (Wildman–Crippen LogP) is 5.58. The average molecular weight is 931 g/mol. The van der Waals surface area contributed by atoms with Gasteiger partial charge in [-0.15, -0.1) is 0 Å². The number of aromatic nitrogens is 2. The summed E-state index contributed by atoms with van der Waals surface area (Å²) in [7, 11) is 0. The third kappa shape index (κ3) is 13.6. The van der Waals surface area contributed by atoms with E-state index in [2.05, 4.69) is 68.7 Å². The molecule has 4 heterocycles. The number of halogens is 2. The van der Waals surface area contributed by atoms with Crippen LogP contribution in [0.2, 0.25) is 0 Å². The van der Waals surface area contributed by atoms with E-state index >= 15 is 0 Å². The van der Waals surface area contributed by atoms with E-state index in [1.807, 2.05) is 27.7 Å². The number of nitrogens with zero attached hydrogens (tertiary/aromatic N) is 2. The molecule has 4 aromatic rings. The van der Waals surface area contributed by atoms with E-state index in [-0.39, 0.29) is 23.6 Å². The Morgan fingerprint density at radius 2 is 1.03 bits per heavy atom. The lowest BCUT2D eigenvalue weighted by atomic mass is 10.0. The van der Waals surface area contributed by atoms with Gasteiger partial charge in [-0.05, 0) is 114 Å². The molecule has 0 spiro atoms. The fourth-order valence-electron chi connectivity index (χ4n) is 7.58. The van der Waals surface area contributed by atoms with Gasteiger partial charge in [0.25, 0.3) is 23.6 Å². The highest BCUT2D eigenvalue weighted by Crippen LogP contribution is 2.36. The number of anilines is 2. The number of nitrogens with one attached hydrogen (secondary N) is 6. The van der Waals surface area contributed by atoms with Crippen molar-refractivity contribution in [3.05, 3.63) is 104 Å². The smallest absolute Gasteiger partial charge is 0.333 e. The maximum Gasteiger partial charge on any atom is 0.333 e. The number of likely N-dealkylation sites (N-methyl/N-ethyl adjacent to an activating group) is 2. The summed E-state index contributed by atoms with van der Waals surface area (Å²) in [5.41, 5.74) is 8.41. The maximum atomic E-state index is 13.7. The Labute approximate surface area is 387 Å². The summed E-state index contributed by atoms with van der Waals surface area (Å²) in [6.45, 7) is 22.2. The van der Waals surface area contributed by atoms with Gasteiger partial charge >= 0.3 is 11.9 Å². The molecule has 2 aromatic heterocycles. The number of carboxylic acid groups (broad SMARTS) is 2. The number of aliphatic carboxylic acids is 2. The van der Waals surface area contributed by atoms with E-state index in [1.165, 1.54) is 24.3 Å². The first-order chi connectivity index (χ1) is 31.7. The van der Waals surface area contributed by atoms with E-state index in [0.29, 0.717) is 69.3 Å². The highest BCUT2D eigenvalue weighted by molar-refractivity contribution is 6.35. The fourth-order valence-corrected chi connectivity index (χ4v) is 7.58. The summed E-state index contributed by atoms with van der Waals surface area (Å²) < 4.78 is 27.3. The molecule has 0 unspecified atom stereocenters. The standard InChI is InChI=1S/2C22H27FN4O2.C4H6O5/c2*1-5-27(6-2)10-9-24-22(29)20-13(3)19(25-14(20)4)12-17-16-11-15(23)7-8-18(16)26-21(17)28;5-2(4(8)9)1-3(6)7/h2*7-8,11-12,25H,5-6,9-10H2,1-4H3,(H,24,29)(H,26,28);2,5H,1H2,(H,6,7)(H,8,9)/b2*17-12-;/t;;2-/m..0/s1. The number of amides is 4. The van der Waals surface area contributed by atoms with Crippen LogP contribution in [0.25, 0.3) is 23.3 Å². The number of fused-ring (bicyclic) bond motifs is 2. The highest BCUT2D eigenvalue weighted by Gasteiger charge is 2.28. The van der Waals surface area contributed by atoms with Crippen LogP contribution in [-0.4, -0.2) is 129 Å². The van der Waals surface area contributed by atoms with Crippen molar-refractivity contribution in [1.29, 1.82) is 0 Å². The number of aliphatic hydroxyl groups excluding tert-OH is 1. The lowest BCUT2D eigenvalue weighted by Gasteiger charge is -2.18. The van der Waals surface area contributed by atoms with Crippen LogP contribution >= 0.6 is 0 Å². The quantitative estimate of drug-likeness (QED) is 0.0592. The Hall–Kier alpha value is -6.96. The molecule has 1 atom stereocenters. The van der Waals surface area contributed by atoms with Crippen molar-refractivity contribution in [2.24, 2.45) is 0 Å². The minimum absolute atomic E-state index is 0.143. The number of aromatic amines is 2. The van der Waals surface area contributed by atoms with Crippen LogP contribution in [0.1, 0.15) is 99.9 Å². The van der Waals surface area contributed by atoms with E-state index in [1.54, 1.807) is 24.3 Å². The van der Waals surface area contributed by atoms with E-state index < -0.39 is 36.1 Å². The van der Waals surface area contributed by atoms with Gasteiger partial charge in [-0.25, -0.2) is 13.6 Å². The topological polar surface area (TPSA) is 249 Å². The van der Waals surface area contributed by atoms with Crippen molar-refractivity contribution in [2.75, 3.05) is 63.0 Å². The van der Waals surface area contributed by atoms with Gasteiger partial charge < -0.3 is 56.4 Å². The van der Waals surface area contributed by atoms with Crippen LogP contribution in [0.5, 0.6) is 0 Å². The van der Waals surface area contributed by atoms with Gasteiger partial charge in [0, 0.05) is 71.5 Å². The maximum absolute atomic E-state index is 13.7. The lowest BCUT2D eigenvalue weighted by molar-refractivity contribution is -0.152. The highest BCUT2D eigenvalue weighted by atomic mass is 19.1. The number of aliphatic hydroxyl groups is 1. The number of hydrogen-bond acceptors (Lipinski definition) is 9. The number of aryl methyl sites for hydroxylation is 2. The first-order valence-corrected chi connectivity index (χ1v) is 21.9. The minimum atomic E-state index is -1.79. The van der Waals surface area contributed by atoms with Crippen LogP contribution in [0.4, 0.5) is 20.2 Å². The van der Waals surface area contributed by atoms with Gasteiger partial charge in [0.05, 0.1) is 28.7 Å². The van der Waals surface area contributed by atoms with Gasteiger partial charge in [-0.2, -0.15) is 0 Å².